The van der Waals surface area contributed by atoms with Gasteiger partial charge in [0.15, 0.2) is 0 Å². The minimum absolute atomic E-state index is 0.0156. The summed E-state index contributed by atoms with van der Waals surface area (Å²) < 4.78 is 2.04. The molecule has 0 aliphatic carbocycles. The molecule has 3 rings (SSSR count). The predicted molar refractivity (Wildman–Crippen MR) is 93.1 cm³/mol. The van der Waals surface area contributed by atoms with Crippen molar-refractivity contribution in [2.24, 2.45) is 0 Å². The van der Waals surface area contributed by atoms with Crippen molar-refractivity contribution in [3.63, 3.8) is 0 Å². The number of rotatable bonds is 3. The van der Waals surface area contributed by atoms with E-state index < -0.39 is 0 Å². The van der Waals surface area contributed by atoms with E-state index >= 15 is 0 Å². The Balaban J connectivity index is 1.81. The lowest BCUT2D eigenvalue weighted by molar-refractivity contribution is -0.128. The monoisotopic (exact) mass is 341 g/mol. The SMILES string of the molecule is Cc1cncc(C(=O)N2CCn3cc(CC(=O)N(C)C)nc3[C@H]2C)c1. The highest BCUT2D eigenvalue weighted by molar-refractivity contribution is 5.94. The second-order valence-electron chi connectivity index (χ2n) is 6.67. The highest BCUT2D eigenvalue weighted by atomic mass is 16.2. The van der Waals surface area contributed by atoms with Gasteiger partial charge in [-0.05, 0) is 25.5 Å². The number of hydrogen-bond donors (Lipinski definition) is 0. The molecule has 0 fully saturated rings. The summed E-state index contributed by atoms with van der Waals surface area (Å²) in [6.45, 7) is 5.17. The average Bonchev–Trinajstić information content (AvgIpc) is 2.98. The molecule has 1 atom stereocenters. The minimum atomic E-state index is -0.148. The number of likely N-dealkylation sites (N-methyl/N-ethyl adjacent to an activating group) is 1. The molecule has 0 saturated carbocycles. The summed E-state index contributed by atoms with van der Waals surface area (Å²) in [5.74, 6) is 0.799. The van der Waals surface area contributed by atoms with Crippen molar-refractivity contribution in [2.45, 2.75) is 32.9 Å². The molecule has 0 N–H and O–H groups in total. The summed E-state index contributed by atoms with van der Waals surface area (Å²) in [6.07, 6.45) is 5.53. The van der Waals surface area contributed by atoms with Crippen molar-refractivity contribution in [3.05, 3.63) is 47.3 Å². The largest absolute Gasteiger partial charge is 0.348 e. The van der Waals surface area contributed by atoms with Crippen LogP contribution in [0.1, 0.15) is 40.4 Å². The Labute approximate surface area is 147 Å². The smallest absolute Gasteiger partial charge is 0.256 e. The summed E-state index contributed by atoms with van der Waals surface area (Å²) in [6, 6.07) is 1.70. The number of aromatic nitrogens is 3. The molecule has 1 aliphatic rings. The van der Waals surface area contributed by atoms with Gasteiger partial charge in [-0.1, -0.05) is 0 Å². The molecule has 2 aromatic rings. The molecular weight excluding hydrogens is 318 g/mol. The molecule has 0 bridgehead atoms. The molecule has 25 heavy (non-hydrogen) atoms. The lowest BCUT2D eigenvalue weighted by Crippen LogP contribution is -2.41. The molecule has 2 amide bonds. The van der Waals surface area contributed by atoms with Crippen LogP contribution >= 0.6 is 0 Å². The van der Waals surface area contributed by atoms with E-state index in [1.165, 1.54) is 0 Å². The first kappa shape index (κ1) is 17.1. The maximum atomic E-state index is 12.8. The summed E-state index contributed by atoms with van der Waals surface area (Å²) in [7, 11) is 3.47. The Kier molecular flexibility index (Phi) is 4.57. The molecule has 132 valence electrons. The zero-order chi connectivity index (χ0) is 18.1. The van der Waals surface area contributed by atoms with Gasteiger partial charge in [0.2, 0.25) is 5.91 Å². The predicted octanol–water partition coefficient (Wildman–Crippen LogP) is 1.43. The van der Waals surface area contributed by atoms with E-state index in [4.69, 9.17) is 0 Å². The lowest BCUT2D eigenvalue weighted by Gasteiger charge is -2.33. The second kappa shape index (κ2) is 6.66. The van der Waals surface area contributed by atoms with E-state index in [0.29, 0.717) is 18.7 Å². The fraction of sp³-hybridized carbons (Fsp3) is 0.444. The number of amides is 2. The number of hydrogen-bond acceptors (Lipinski definition) is 4. The van der Waals surface area contributed by atoms with Crippen LogP contribution in [-0.4, -0.2) is 56.8 Å². The maximum Gasteiger partial charge on any atom is 0.256 e. The van der Waals surface area contributed by atoms with Gasteiger partial charge in [-0.3, -0.25) is 14.6 Å². The number of aryl methyl sites for hydroxylation is 1. The number of nitrogens with zero attached hydrogens (tertiary/aromatic N) is 5. The standard InChI is InChI=1S/C18H23N5O2/c1-12-7-14(10-19-9-12)18(25)23-6-5-22-11-15(8-16(24)21(3)4)20-17(22)13(23)2/h7,9-11,13H,5-6,8H2,1-4H3/t13-/m1/s1. The zero-order valence-corrected chi connectivity index (χ0v) is 15.1. The van der Waals surface area contributed by atoms with Crippen molar-refractivity contribution in [1.82, 2.24) is 24.3 Å². The topological polar surface area (TPSA) is 71.3 Å². The van der Waals surface area contributed by atoms with Crippen molar-refractivity contribution >= 4 is 11.8 Å². The van der Waals surface area contributed by atoms with Gasteiger partial charge in [0.1, 0.15) is 5.82 Å². The van der Waals surface area contributed by atoms with Crippen molar-refractivity contribution in [1.29, 1.82) is 0 Å². The zero-order valence-electron chi connectivity index (χ0n) is 15.1. The van der Waals surface area contributed by atoms with Crippen molar-refractivity contribution in [2.75, 3.05) is 20.6 Å². The highest BCUT2D eigenvalue weighted by Gasteiger charge is 2.30. The summed E-state index contributed by atoms with van der Waals surface area (Å²) in [5, 5.41) is 0. The number of imidazole rings is 1. The van der Waals surface area contributed by atoms with E-state index in [-0.39, 0.29) is 24.3 Å². The molecule has 0 saturated heterocycles. The van der Waals surface area contributed by atoms with Gasteiger partial charge in [0, 0.05) is 45.8 Å². The van der Waals surface area contributed by atoms with E-state index in [1.54, 1.807) is 31.4 Å². The third-order valence-electron chi connectivity index (χ3n) is 4.49. The second-order valence-corrected chi connectivity index (χ2v) is 6.67. The minimum Gasteiger partial charge on any atom is -0.348 e. The van der Waals surface area contributed by atoms with Gasteiger partial charge < -0.3 is 14.4 Å². The Hall–Kier alpha value is -2.70. The van der Waals surface area contributed by atoms with Crippen LogP contribution in [0.4, 0.5) is 0 Å². The molecule has 0 aromatic carbocycles. The molecule has 7 heteroatoms. The van der Waals surface area contributed by atoms with Gasteiger partial charge in [-0.15, -0.1) is 0 Å². The molecule has 0 unspecified atom stereocenters. The van der Waals surface area contributed by atoms with Gasteiger partial charge in [-0.25, -0.2) is 4.98 Å². The Morgan fingerprint density at radius 2 is 2.04 bits per heavy atom. The first-order chi connectivity index (χ1) is 11.9. The van der Waals surface area contributed by atoms with Gasteiger partial charge in [0.25, 0.3) is 5.91 Å². The van der Waals surface area contributed by atoms with Crippen molar-refractivity contribution in [3.8, 4) is 0 Å². The van der Waals surface area contributed by atoms with Crippen LogP contribution in [0, 0.1) is 6.92 Å². The molecule has 2 aromatic heterocycles. The van der Waals surface area contributed by atoms with Crippen LogP contribution in [0.15, 0.2) is 24.7 Å². The molecule has 3 heterocycles. The number of fused-ring (bicyclic) bond motifs is 1. The van der Waals surface area contributed by atoms with Crippen LogP contribution in [0.3, 0.4) is 0 Å². The van der Waals surface area contributed by atoms with Crippen LogP contribution in [0.2, 0.25) is 0 Å². The fourth-order valence-corrected chi connectivity index (χ4v) is 3.06. The first-order valence-corrected chi connectivity index (χ1v) is 8.35. The molecule has 0 radical (unpaired) electrons. The Morgan fingerprint density at radius 3 is 2.72 bits per heavy atom. The summed E-state index contributed by atoms with van der Waals surface area (Å²) in [4.78, 5) is 36.8. The summed E-state index contributed by atoms with van der Waals surface area (Å²) >= 11 is 0. The quantitative estimate of drug-likeness (QED) is 0.847. The summed E-state index contributed by atoms with van der Waals surface area (Å²) in [5.41, 5.74) is 2.29. The van der Waals surface area contributed by atoms with Crippen molar-refractivity contribution < 1.29 is 9.59 Å². The lowest BCUT2D eigenvalue weighted by atomic mass is 10.1. The van der Waals surface area contributed by atoms with Gasteiger partial charge in [-0.2, -0.15) is 0 Å². The molecule has 1 aliphatic heterocycles. The van der Waals surface area contributed by atoms with E-state index in [0.717, 1.165) is 17.1 Å². The van der Waals surface area contributed by atoms with Crippen LogP contribution in [0.25, 0.3) is 0 Å². The van der Waals surface area contributed by atoms with E-state index in [2.05, 4.69) is 9.97 Å². The van der Waals surface area contributed by atoms with E-state index in [1.807, 2.05) is 35.6 Å². The average molecular weight is 341 g/mol. The third kappa shape index (κ3) is 3.40. The Bertz CT molecular complexity index is 812. The molecule has 7 nitrogen and oxygen atoms in total. The Morgan fingerprint density at radius 1 is 1.28 bits per heavy atom. The van der Waals surface area contributed by atoms with Gasteiger partial charge >= 0.3 is 0 Å². The maximum absolute atomic E-state index is 12.8. The normalized spacial score (nSPS) is 16.5. The van der Waals surface area contributed by atoms with E-state index in [9.17, 15) is 9.59 Å². The number of pyridine rings is 1. The van der Waals surface area contributed by atoms with Crippen LogP contribution in [0.5, 0.6) is 0 Å². The third-order valence-corrected chi connectivity index (χ3v) is 4.49. The number of carbonyl (C=O) groups excluding carboxylic acids is 2. The fourth-order valence-electron chi connectivity index (χ4n) is 3.06. The van der Waals surface area contributed by atoms with Gasteiger partial charge in [0.05, 0.1) is 23.7 Å². The molecular formula is C18H23N5O2. The highest BCUT2D eigenvalue weighted by Crippen LogP contribution is 2.26. The molecule has 0 spiro atoms. The van der Waals surface area contributed by atoms with Crippen LogP contribution in [-0.2, 0) is 17.8 Å². The van der Waals surface area contributed by atoms with Crippen LogP contribution < -0.4 is 0 Å². The number of carbonyl (C=O) groups is 2. The first-order valence-electron chi connectivity index (χ1n) is 8.35.